The van der Waals surface area contributed by atoms with Crippen LogP contribution in [0.4, 0.5) is 5.69 Å². The number of benzene rings is 3. The molecule has 1 unspecified atom stereocenters. The second-order valence-corrected chi connectivity index (χ2v) is 12.0. The van der Waals surface area contributed by atoms with Gasteiger partial charge in [-0.3, -0.25) is 9.59 Å². The lowest BCUT2D eigenvalue weighted by Crippen LogP contribution is -2.39. The van der Waals surface area contributed by atoms with Crippen LogP contribution in [-0.2, 0) is 22.6 Å². The van der Waals surface area contributed by atoms with Gasteiger partial charge in [0.05, 0.1) is 18.2 Å². The zero-order chi connectivity index (χ0) is 31.5. The molecule has 0 aliphatic heterocycles. The fourth-order valence-corrected chi connectivity index (χ4v) is 5.46. The average molecular weight is 629 g/mol. The number of hydrogen-bond acceptors (Lipinski definition) is 4. The third kappa shape index (κ3) is 9.38. The van der Waals surface area contributed by atoms with Crippen LogP contribution in [0.1, 0.15) is 76.5 Å². The summed E-state index contributed by atoms with van der Waals surface area (Å²) in [6.45, 7) is 11.4. The number of carbonyl (C=O) groups is 2. The van der Waals surface area contributed by atoms with Gasteiger partial charge in [-0.25, -0.2) is 0 Å². The maximum absolute atomic E-state index is 13.7. The van der Waals surface area contributed by atoms with Crippen molar-refractivity contribution in [1.29, 1.82) is 0 Å². The monoisotopic (exact) mass is 627 g/mol. The van der Waals surface area contributed by atoms with Crippen LogP contribution in [0.15, 0.2) is 60.7 Å². The van der Waals surface area contributed by atoms with Crippen LogP contribution in [0.5, 0.6) is 11.5 Å². The van der Waals surface area contributed by atoms with E-state index >= 15 is 0 Å². The number of halogens is 2. The SMILES string of the molecule is CCCOc1ccc(C(Cc2ccc(OCc3c(Cl)cccc3Cl)cc2)C(=O)O)cc1N(CC(C)C)C(=O)C(CC)CC. The standard InChI is InChI=1S/C35H43Cl2NO5/c1-6-18-42-33-17-14-26(20-32(33)38(21-23(4)5)34(39)25(7-2)8-3)28(35(40)41)19-24-12-15-27(16-13-24)43-22-29-30(36)10-9-11-31(29)37/h9-17,20,23,25,28H,6-8,18-19,21-22H2,1-5H3,(H,40,41). The van der Waals surface area contributed by atoms with Crippen molar-refractivity contribution in [3.8, 4) is 11.5 Å². The molecular weight excluding hydrogens is 585 g/mol. The number of amides is 1. The largest absolute Gasteiger partial charge is 0.491 e. The second kappa shape index (κ2) is 16.6. The summed E-state index contributed by atoms with van der Waals surface area (Å²) < 4.78 is 12.0. The van der Waals surface area contributed by atoms with E-state index in [0.717, 1.165) is 24.8 Å². The minimum Gasteiger partial charge on any atom is -0.491 e. The lowest BCUT2D eigenvalue weighted by molar-refractivity contribution is -0.138. The molecule has 0 bridgehead atoms. The molecule has 0 aliphatic rings. The second-order valence-electron chi connectivity index (χ2n) is 11.2. The number of nitrogens with zero attached hydrogens (tertiary/aromatic N) is 1. The molecule has 0 saturated carbocycles. The fraction of sp³-hybridized carbons (Fsp3) is 0.429. The summed E-state index contributed by atoms with van der Waals surface area (Å²) in [5.41, 5.74) is 2.80. The molecule has 3 rings (SSSR count). The highest BCUT2D eigenvalue weighted by Gasteiger charge is 2.28. The molecule has 0 radical (unpaired) electrons. The molecule has 43 heavy (non-hydrogen) atoms. The third-order valence-corrected chi connectivity index (χ3v) is 8.10. The molecule has 0 saturated heterocycles. The van der Waals surface area contributed by atoms with Gasteiger partial charge in [0.1, 0.15) is 18.1 Å². The lowest BCUT2D eigenvalue weighted by atomic mass is 9.91. The van der Waals surface area contributed by atoms with Crippen molar-refractivity contribution in [2.45, 2.75) is 72.8 Å². The molecule has 232 valence electrons. The van der Waals surface area contributed by atoms with E-state index in [1.54, 1.807) is 35.2 Å². The maximum atomic E-state index is 13.7. The molecule has 1 atom stereocenters. The first kappa shape index (κ1) is 34.3. The van der Waals surface area contributed by atoms with Gasteiger partial charge in [-0.15, -0.1) is 0 Å². The van der Waals surface area contributed by atoms with Gasteiger partial charge in [0, 0.05) is 28.1 Å². The van der Waals surface area contributed by atoms with Gasteiger partial charge < -0.3 is 19.5 Å². The Hall–Kier alpha value is -3.22. The van der Waals surface area contributed by atoms with E-state index < -0.39 is 11.9 Å². The predicted molar refractivity (Wildman–Crippen MR) is 175 cm³/mol. The summed E-state index contributed by atoms with van der Waals surface area (Å²) in [6.07, 6.45) is 2.55. The van der Waals surface area contributed by atoms with Crippen molar-refractivity contribution < 1.29 is 24.2 Å². The van der Waals surface area contributed by atoms with Gasteiger partial charge >= 0.3 is 5.97 Å². The van der Waals surface area contributed by atoms with E-state index in [0.29, 0.717) is 51.5 Å². The smallest absolute Gasteiger partial charge is 0.311 e. The van der Waals surface area contributed by atoms with Crippen molar-refractivity contribution >= 4 is 40.8 Å². The quantitative estimate of drug-likeness (QED) is 0.171. The van der Waals surface area contributed by atoms with Crippen molar-refractivity contribution in [2.24, 2.45) is 11.8 Å². The Bertz CT molecular complexity index is 1330. The Kier molecular flexibility index (Phi) is 13.2. The third-order valence-electron chi connectivity index (χ3n) is 7.39. The molecule has 0 fully saturated rings. The van der Waals surface area contributed by atoms with Gasteiger partial charge in [0.2, 0.25) is 5.91 Å². The molecule has 0 heterocycles. The number of carboxylic acids is 1. The zero-order valence-electron chi connectivity index (χ0n) is 25.7. The molecule has 0 aromatic heterocycles. The molecule has 3 aromatic carbocycles. The van der Waals surface area contributed by atoms with E-state index in [2.05, 4.69) is 13.8 Å². The summed E-state index contributed by atoms with van der Waals surface area (Å²) in [5, 5.41) is 11.4. The van der Waals surface area contributed by atoms with Crippen molar-refractivity contribution in [1.82, 2.24) is 0 Å². The van der Waals surface area contributed by atoms with Crippen molar-refractivity contribution in [3.05, 3.63) is 87.4 Å². The van der Waals surface area contributed by atoms with Gasteiger partial charge in [-0.2, -0.15) is 0 Å². The summed E-state index contributed by atoms with van der Waals surface area (Å²) in [7, 11) is 0. The number of aliphatic carboxylic acids is 1. The van der Waals surface area contributed by atoms with E-state index in [9.17, 15) is 14.7 Å². The van der Waals surface area contributed by atoms with Gasteiger partial charge in [-0.1, -0.05) is 82.1 Å². The van der Waals surface area contributed by atoms with E-state index in [4.69, 9.17) is 32.7 Å². The molecule has 6 nitrogen and oxygen atoms in total. The van der Waals surface area contributed by atoms with Gasteiger partial charge in [0.15, 0.2) is 0 Å². The highest BCUT2D eigenvalue weighted by molar-refractivity contribution is 6.35. The summed E-state index contributed by atoms with van der Waals surface area (Å²) in [5.74, 6) is -0.416. The first-order valence-corrected chi connectivity index (χ1v) is 15.8. The van der Waals surface area contributed by atoms with Crippen LogP contribution in [0.2, 0.25) is 10.0 Å². The van der Waals surface area contributed by atoms with Gasteiger partial charge in [0.25, 0.3) is 0 Å². The molecule has 1 amide bonds. The van der Waals surface area contributed by atoms with Crippen LogP contribution in [0.3, 0.4) is 0 Å². The van der Waals surface area contributed by atoms with Crippen LogP contribution in [0.25, 0.3) is 0 Å². The van der Waals surface area contributed by atoms with Crippen LogP contribution >= 0.6 is 23.2 Å². The number of hydrogen-bond donors (Lipinski definition) is 1. The Morgan fingerprint density at radius 2 is 1.56 bits per heavy atom. The molecule has 8 heteroatoms. The zero-order valence-corrected chi connectivity index (χ0v) is 27.3. The first-order valence-electron chi connectivity index (χ1n) is 15.0. The fourth-order valence-electron chi connectivity index (χ4n) is 4.96. The van der Waals surface area contributed by atoms with E-state index in [1.165, 1.54) is 0 Å². The topological polar surface area (TPSA) is 76.1 Å². The Morgan fingerprint density at radius 1 is 0.907 bits per heavy atom. The molecule has 3 aromatic rings. The molecular formula is C35H43Cl2NO5. The molecule has 0 spiro atoms. The van der Waals surface area contributed by atoms with Crippen LogP contribution in [0, 0.1) is 11.8 Å². The Morgan fingerprint density at radius 3 is 2.12 bits per heavy atom. The minimum absolute atomic E-state index is 0.0396. The van der Waals surface area contributed by atoms with E-state index in [1.807, 2.05) is 51.1 Å². The minimum atomic E-state index is -0.941. The summed E-state index contributed by atoms with van der Waals surface area (Å²) in [4.78, 5) is 28.1. The number of anilines is 1. The van der Waals surface area contributed by atoms with Crippen molar-refractivity contribution in [2.75, 3.05) is 18.1 Å². The average Bonchev–Trinajstić information content (AvgIpc) is 2.98. The number of carboxylic acid groups (broad SMARTS) is 1. The Balaban J connectivity index is 1.90. The maximum Gasteiger partial charge on any atom is 0.311 e. The molecule has 0 aliphatic carbocycles. The highest BCUT2D eigenvalue weighted by Crippen LogP contribution is 2.36. The summed E-state index contributed by atoms with van der Waals surface area (Å²) >= 11 is 12.5. The normalized spacial score (nSPS) is 11.9. The number of carbonyl (C=O) groups excluding carboxylic acids is 1. The first-order chi connectivity index (χ1) is 20.6. The number of ether oxygens (including phenoxy) is 2. The lowest BCUT2D eigenvalue weighted by Gasteiger charge is -2.30. The van der Waals surface area contributed by atoms with Crippen LogP contribution < -0.4 is 14.4 Å². The number of rotatable bonds is 16. The summed E-state index contributed by atoms with van der Waals surface area (Å²) in [6, 6.07) is 18.1. The highest BCUT2D eigenvalue weighted by atomic mass is 35.5. The van der Waals surface area contributed by atoms with Crippen LogP contribution in [-0.4, -0.2) is 30.1 Å². The molecule has 1 N–H and O–H groups in total. The van der Waals surface area contributed by atoms with E-state index in [-0.39, 0.29) is 30.8 Å². The van der Waals surface area contributed by atoms with Crippen molar-refractivity contribution in [3.63, 3.8) is 0 Å². The predicted octanol–water partition coefficient (Wildman–Crippen LogP) is 9.20. The Labute approximate surface area is 265 Å². The van der Waals surface area contributed by atoms with Gasteiger partial charge in [-0.05, 0) is 79.1 Å².